The number of carbonyl (C=O) groups excluding carboxylic acids is 1. The van der Waals surface area contributed by atoms with E-state index < -0.39 is 0 Å². The summed E-state index contributed by atoms with van der Waals surface area (Å²) in [6, 6.07) is 1.82. The molecule has 0 aliphatic rings. The Labute approximate surface area is 110 Å². The van der Waals surface area contributed by atoms with Gasteiger partial charge in [0.25, 0.3) is 5.91 Å². The number of nitrogens with one attached hydrogen (secondary N) is 1. The van der Waals surface area contributed by atoms with Crippen molar-refractivity contribution in [2.24, 2.45) is 7.05 Å². The van der Waals surface area contributed by atoms with Crippen LogP contribution in [-0.2, 0) is 7.05 Å². The van der Waals surface area contributed by atoms with Gasteiger partial charge in [0.1, 0.15) is 6.33 Å². The fourth-order valence-electron chi connectivity index (χ4n) is 1.75. The van der Waals surface area contributed by atoms with Crippen molar-refractivity contribution in [3.05, 3.63) is 33.5 Å². The van der Waals surface area contributed by atoms with Crippen LogP contribution in [0.3, 0.4) is 0 Å². The Morgan fingerprint density at radius 3 is 2.72 bits per heavy atom. The van der Waals surface area contributed by atoms with Crippen LogP contribution >= 0.6 is 11.3 Å². The summed E-state index contributed by atoms with van der Waals surface area (Å²) >= 11 is 1.51. The summed E-state index contributed by atoms with van der Waals surface area (Å²) in [5.41, 5.74) is 1.01. The molecule has 0 radical (unpaired) electrons. The van der Waals surface area contributed by atoms with Gasteiger partial charge in [-0.25, -0.2) is 4.98 Å². The molecule has 96 valence electrons. The first-order chi connectivity index (χ1) is 8.47. The van der Waals surface area contributed by atoms with Gasteiger partial charge in [-0.15, -0.1) is 11.3 Å². The van der Waals surface area contributed by atoms with E-state index in [2.05, 4.69) is 15.4 Å². The highest BCUT2D eigenvalue weighted by Crippen LogP contribution is 2.21. The first kappa shape index (κ1) is 12.8. The van der Waals surface area contributed by atoms with Gasteiger partial charge < -0.3 is 5.32 Å². The van der Waals surface area contributed by atoms with E-state index in [1.54, 1.807) is 18.1 Å². The maximum atomic E-state index is 12.1. The van der Waals surface area contributed by atoms with Crippen LogP contribution in [0.4, 0.5) is 0 Å². The molecule has 0 aliphatic carbocycles. The molecule has 1 unspecified atom stereocenters. The van der Waals surface area contributed by atoms with Crippen molar-refractivity contribution in [1.82, 2.24) is 20.1 Å². The third kappa shape index (κ3) is 2.59. The quantitative estimate of drug-likeness (QED) is 0.922. The van der Waals surface area contributed by atoms with E-state index in [0.29, 0.717) is 5.82 Å². The highest BCUT2D eigenvalue weighted by molar-refractivity contribution is 7.14. The molecule has 2 aromatic rings. The second kappa shape index (κ2) is 4.89. The molecule has 0 aliphatic heterocycles. The molecule has 0 spiro atoms. The minimum absolute atomic E-state index is 0.0643. The molecule has 2 aromatic heterocycles. The summed E-state index contributed by atoms with van der Waals surface area (Å²) in [6.45, 7) is 5.82. The highest BCUT2D eigenvalue weighted by atomic mass is 32.1. The van der Waals surface area contributed by atoms with Crippen LogP contribution in [0.15, 0.2) is 12.4 Å². The number of hydrogen-bond donors (Lipinski definition) is 1. The van der Waals surface area contributed by atoms with Crippen molar-refractivity contribution in [3.8, 4) is 0 Å². The van der Waals surface area contributed by atoms with Crippen LogP contribution in [0.1, 0.15) is 38.9 Å². The molecule has 0 saturated heterocycles. The van der Waals surface area contributed by atoms with Gasteiger partial charge in [0.2, 0.25) is 0 Å². The lowest BCUT2D eigenvalue weighted by Crippen LogP contribution is -2.27. The van der Waals surface area contributed by atoms with Gasteiger partial charge in [0, 0.05) is 11.9 Å². The van der Waals surface area contributed by atoms with Crippen molar-refractivity contribution in [2.75, 3.05) is 0 Å². The van der Waals surface area contributed by atoms with Gasteiger partial charge in [-0.3, -0.25) is 9.48 Å². The minimum atomic E-state index is -0.194. The second-order valence-electron chi connectivity index (χ2n) is 4.34. The lowest BCUT2D eigenvalue weighted by molar-refractivity contribution is 0.0942. The molecule has 6 heteroatoms. The van der Waals surface area contributed by atoms with Crippen LogP contribution in [0.25, 0.3) is 0 Å². The van der Waals surface area contributed by atoms with Gasteiger partial charge in [-0.05, 0) is 32.4 Å². The zero-order chi connectivity index (χ0) is 13.3. The zero-order valence-electron chi connectivity index (χ0n) is 10.9. The molecule has 1 atom stereocenters. The van der Waals surface area contributed by atoms with Gasteiger partial charge in [0.05, 0.1) is 10.9 Å². The number of amides is 1. The molecule has 5 nitrogen and oxygen atoms in total. The molecule has 1 amide bonds. The van der Waals surface area contributed by atoms with Crippen molar-refractivity contribution in [3.63, 3.8) is 0 Å². The normalized spacial score (nSPS) is 12.4. The lowest BCUT2D eigenvalue weighted by Gasteiger charge is -2.09. The standard InChI is InChI=1S/C12H16N4OS/c1-7-5-8(2)18-10(7)12(17)14-9(3)11-13-6-16(4)15-11/h5-6,9H,1-4H3,(H,14,17). The number of carbonyl (C=O) groups is 1. The average molecular weight is 264 g/mol. The Morgan fingerprint density at radius 2 is 2.22 bits per heavy atom. The summed E-state index contributed by atoms with van der Waals surface area (Å²) in [7, 11) is 1.80. The summed E-state index contributed by atoms with van der Waals surface area (Å²) in [6.07, 6.45) is 1.62. The predicted molar refractivity (Wildman–Crippen MR) is 70.7 cm³/mol. The highest BCUT2D eigenvalue weighted by Gasteiger charge is 2.17. The fraction of sp³-hybridized carbons (Fsp3) is 0.417. The average Bonchev–Trinajstić information content (AvgIpc) is 2.84. The van der Waals surface area contributed by atoms with Crippen LogP contribution < -0.4 is 5.32 Å². The maximum absolute atomic E-state index is 12.1. The van der Waals surface area contributed by atoms with Crippen LogP contribution in [0.5, 0.6) is 0 Å². The molecular formula is C12H16N4OS. The number of aryl methyl sites for hydroxylation is 3. The SMILES string of the molecule is Cc1cc(C)c(C(=O)NC(C)c2ncn(C)n2)s1. The number of thiophene rings is 1. The number of hydrogen-bond acceptors (Lipinski definition) is 4. The Balaban J connectivity index is 2.10. The van der Waals surface area contributed by atoms with Gasteiger partial charge in [0.15, 0.2) is 5.82 Å². The van der Waals surface area contributed by atoms with E-state index in [-0.39, 0.29) is 11.9 Å². The van der Waals surface area contributed by atoms with Crippen LogP contribution in [0, 0.1) is 13.8 Å². The van der Waals surface area contributed by atoms with E-state index in [9.17, 15) is 4.79 Å². The summed E-state index contributed by atoms with van der Waals surface area (Å²) < 4.78 is 1.62. The van der Waals surface area contributed by atoms with Crippen molar-refractivity contribution < 1.29 is 4.79 Å². The van der Waals surface area contributed by atoms with Crippen molar-refractivity contribution in [2.45, 2.75) is 26.8 Å². The van der Waals surface area contributed by atoms with Crippen LogP contribution in [0.2, 0.25) is 0 Å². The molecule has 0 aromatic carbocycles. The Hall–Kier alpha value is -1.69. The van der Waals surface area contributed by atoms with Gasteiger partial charge >= 0.3 is 0 Å². The predicted octanol–water partition coefficient (Wildman–Crippen LogP) is 1.98. The largest absolute Gasteiger partial charge is 0.342 e. The molecule has 1 N–H and O–H groups in total. The number of rotatable bonds is 3. The number of aromatic nitrogens is 3. The molecule has 2 heterocycles. The first-order valence-corrected chi connectivity index (χ1v) is 6.52. The van der Waals surface area contributed by atoms with Crippen molar-refractivity contribution in [1.29, 1.82) is 0 Å². The fourth-order valence-corrected chi connectivity index (χ4v) is 2.68. The molecule has 0 bridgehead atoms. The summed E-state index contributed by atoms with van der Waals surface area (Å²) in [5, 5.41) is 7.09. The van der Waals surface area contributed by atoms with E-state index in [1.807, 2.05) is 26.8 Å². The Bertz CT molecular complexity index is 572. The van der Waals surface area contributed by atoms with Crippen LogP contribution in [-0.4, -0.2) is 20.7 Å². The van der Waals surface area contributed by atoms with E-state index in [1.165, 1.54) is 11.3 Å². The lowest BCUT2D eigenvalue weighted by atomic mass is 10.2. The monoisotopic (exact) mass is 264 g/mol. The first-order valence-electron chi connectivity index (χ1n) is 5.71. The molecule has 18 heavy (non-hydrogen) atoms. The molecule has 2 rings (SSSR count). The Morgan fingerprint density at radius 1 is 1.50 bits per heavy atom. The molecule has 0 saturated carbocycles. The summed E-state index contributed by atoms with van der Waals surface area (Å²) in [4.78, 5) is 18.1. The number of nitrogens with zero attached hydrogens (tertiary/aromatic N) is 3. The van der Waals surface area contributed by atoms with E-state index in [4.69, 9.17) is 0 Å². The van der Waals surface area contributed by atoms with Gasteiger partial charge in [-0.2, -0.15) is 5.10 Å². The van der Waals surface area contributed by atoms with E-state index >= 15 is 0 Å². The third-order valence-electron chi connectivity index (χ3n) is 2.60. The van der Waals surface area contributed by atoms with Crippen molar-refractivity contribution >= 4 is 17.2 Å². The Kier molecular flexibility index (Phi) is 3.47. The summed E-state index contributed by atoms with van der Waals surface area (Å²) in [5.74, 6) is 0.558. The molecular weight excluding hydrogens is 248 g/mol. The van der Waals surface area contributed by atoms with Gasteiger partial charge in [-0.1, -0.05) is 0 Å². The van der Waals surface area contributed by atoms with E-state index in [0.717, 1.165) is 15.3 Å². The molecule has 0 fully saturated rings. The maximum Gasteiger partial charge on any atom is 0.262 e. The smallest absolute Gasteiger partial charge is 0.262 e. The second-order valence-corrected chi connectivity index (χ2v) is 5.60. The minimum Gasteiger partial charge on any atom is -0.342 e. The third-order valence-corrected chi connectivity index (χ3v) is 3.75. The topological polar surface area (TPSA) is 59.8 Å². The zero-order valence-corrected chi connectivity index (χ0v) is 11.7.